The number of hydrogen-bond donors (Lipinski definition) is 2. The molecule has 4 aromatic rings. The highest BCUT2D eigenvalue weighted by molar-refractivity contribution is 7.12. The van der Waals surface area contributed by atoms with Crippen molar-refractivity contribution in [2.75, 3.05) is 11.4 Å². The van der Waals surface area contributed by atoms with Crippen LogP contribution < -0.4 is 15.5 Å². The first-order valence-electron chi connectivity index (χ1n) is 12.4. The molecule has 0 saturated carbocycles. The van der Waals surface area contributed by atoms with Crippen molar-refractivity contribution in [3.05, 3.63) is 112 Å². The molecule has 2 heterocycles. The number of rotatable bonds is 10. The van der Waals surface area contributed by atoms with Crippen molar-refractivity contribution in [3.8, 4) is 0 Å². The second kappa shape index (κ2) is 12.4. The number of thiophene rings is 1. The Bertz CT molecular complexity index is 1350. The summed E-state index contributed by atoms with van der Waals surface area (Å²) < 4.78 is 5.37. The van der Waals surface area contributed by atoms with Crippen LogP contribution >= 0.6 is 11.3 Å². The standard InChI is InChI=1S/C30H31N3O4S/c1-20(2)22-12-14-24(15-13-22)33(27(34)19-32-29(35)26-7-5-17-38-26)28(23-10-8-21(3)9-11-23)30(36)31-18-25-6-4-16-37-25/h4-17,20,28H,18-19H2,1-3H3,(H,31,36)(H,32,35). The number of anilines is 1. The lowest BCUT2D eigenvalue weighted by Crippen LogP contribution is -2.47. The van der Waals surface area contributed by atoms with Gasteiger partial charge in [-0.25, -0.2) is 0 Å². The van der Waals surface area contributed by atoms with Crippen LogP contribution in [-0.4, -0.2) is 24.3 Å². The van der Waals surface area contributed by atoms with Gasteiger partial charge in [0.15, 0.2) is 0 Å². The normalized spacial score (nSPS) is 11.7. The predicted octanol–water partition coefficient (Wildman–Crippen LogP) is 5.59. The van der Waals surface area contributed by atoms with E-state index in [9.17, 15) is 14.4 Å². The number of aryl methyl sites for hydroxylation is 1. The van der Waals surface area contributed by atoms with Gasteiger partial charge in [0, 0.05) is 5.69 Å². The molecule has 4 rings (SSSR count). The van der Waals surface area contributed by atoms with Gasteiger partial charge in [0.25, 0.3) is 5.91 Å². The SMILES string of the molecule is Cc1ccc(C(C(=O)NCc2ccco2)N(C(=O)CNC(=O)c2cccs2)c2ccc(C(C)C)cc2)cc1. The molecule has 2 aromatic heterocycles. The highest BCUT2D eigenvalue weighted by Gasteiger charge is 2.33. The third kappa shape index (κ3) is 6.58. The van der Waals surface area contributed by atoms with Crippen molar-refractivity contribution in [2.45, 2.75) is 39.3 Å². The summed E-state index contributed by atoms with van der Waals surface area (Å²) in [4.78, 5) is 42.0. The maximum absolute atomic E-state index is 13.8. The zero-order chi connectivity index (χ0) is 27.1. The molecule has 8 heteroatoms. The molecule has 0 radical (unpaired) electrons. The fourth-order valence-corrected chi connectivity index (χ4v) is 4.68. The molecule has 2 N–H and O–H groups in total. The fraction of sp³-hybridized carbons (Fsp3) is 0.233. The van der Waals surface area contributed by atoms with E-state index in [2.05, 4.69) is 24.5 Å². The summed E-state index contributed by atoms with van der Waals surface area (Å²) in [5.74, 6) is -0.203. The Labute approximate surface area is 226 Å². The van der Waals surface area contributed by atoms with E-state index in [-0.39, 0.29) is 24.9 Å². The molecular weight excluding hydrogens is 498 g/mol. The minimum absolute atomic E-state index is 0.178. The number of benzene rings is 2. The molecule has 0 bridgehead atoms. The predicted molar refractivity (Wildman–Crippen MR) is 149 cm³/mol. The van der Waals surface area contributed by atoms with Crippen molar-refractivity contribution in [1.29, 1.82) is 0 Å². The van der Waals surface area contributed by atoms with Gasteiger partial charge in [0.2, 0.25) is 11.8 Å². The average Bonchev–Trinajstić information content (AvgIpc) is 3.64. The van der Waals surface area contributed by atoms with Gasteiger partial charge >= 0.3 is 0 Å². The van der Waals surface area contributed by atoms with Gasteiger partial charge in [-0.15, -0.1) is 11.3 Å². The Balaban J connectivity index is 1.69. The lowest BCUT2D eigenvalue weighted by molar-refractivity contribution is -0.126. The number of nitrogens with zero attached hydrogens (tertiary/aromatic N) is 1. The van der Waals surface area contributed by atoms with E-state index in [1.807, 2.05) is 55.5 Å². The molecule has 0 aliphatic heterocycles. The molecule has 0 aliphatic carbocycles. The highest BCUT2D eigenvalue weighted by Crippen LogP contribution is 2.30. The summed E-state index contributed by atoms with van der Waals surface area (Å²) in [7, 11) is 0. The van der Waals surface area contributed by atoms with Gasteiger partial charge in [-0.3, -0.25) is 19.3 Å². The second-order valence-electron chi connectivity index (χ2n) is 9.28. The van der Waals surface area contributed by atoms with Gasteiger partial charge in [-0.05, 0) is 59.7 Å². The lowest BCUT2D eigenvalue weighted by Gasteiger charge is -2.32. The van der Waals surface area contributed by atoms with E-state index in [0.29, 0.717) is 27.8 Å². The molecule has 38 heavy (non-hydrogen) atoms. The minimum Gasteiger partial charge on any atom is -0.467 e. The molecular formula is C30H31N3O4S. The van der Waals surface area contributed by atoms with Gasteiger partial charge in [-0.2, -0.15) is 0 Å². The van der Waals surface area contributed by atoms with Crippen LogP contribution in [0.2, 0.25) is 0 Å². The summed E-state index contributed by atoms with van der Waals surface area (Å²) in [5, 5.41) is 7.42. The molecule has 0 fully saturated rings. The monoisotopic (exact) mass is 529 g/mol. The highest BCUT2D eigenvalue weighted by atomic mass is 32.1. The van der Waals surface area contributed by atoms with Gasteiger partial charge < -0.3 is 15.1 Å². The van der Waals surface area contributed by atoms with E-state index >= 15 is 0 Å². The minimum atomic E-state index is -0.971. The lowest BCUT2D eigenvalue weighted by atomic mass is 9.99. The maximum atomic E-state index is 13.8. The zero-order valence-electron chi connectivity index (χ0n) is 21.6. The van der Waals surface area contributed by atoms with Crippen molar-refractivity contribution >= 4 is 34.7 Å². The maximum Gasteiger partial charge on any atom is 0.261 e. The number of furan rings is 1. The van der Waals surface area contributed by atoms with Crippen molar-refractivity contribution in [1.82, 2.24) is 10.6 Å². The quantitative estimate of drug-likeness (QED) is 0.280. The summed E-state index contributed by atoms with van der Waals surface area (Å²) >= 11 is 1.30. The van der Waals surface area contributed by atoms with Crippen molar-refractivity contribution in [2.24, 2.45) is 0 Å². The molecule has 196 valence electrons. The zero-order valence-corrected chi connectivity index (χ0v) is 22.5. The molecule has 1 atom stereocenters. The van der Waals surface area contributed by atoms with E-state index in [1.54, 1.807) is 35.9 Å². The molecule has 0 spiro atoms. The second-order valence-corrected chi connectivity index (χ2v) is 10.2. The number of carbonyl (C=O) groups is 3. The van der Waals surface area contributed by atoms with Crippen molar-refractivity contribution in [3.63, 3.8) is 0 Å². The van der Waals surface area contributed by atoms with Crippen LogP contribution in [0.15, 0.2) is 88.9 Å². The first-order chi connectivity index (χ1) is 18.3. The smallest absolute Gasteiger partial charge is 0.261 e. The summed E-state index contributed by atoms with van der Waals surface area (Å²) in [5.41, 5.74) is 3.36. The molecule has 0 aliphatic rings. The Morgan fingerprint density at radius 3 is 2.21 bits per heavy atom. The Kier molecular flexibility index (Phi) is 8.76. The van der Waals surface area contributed by atoms with Crippen LogP contribution in [0, 0.1) is 6.92 Å². The molecule has 7 nitrogen and oxygen atoms in total. The Morgan fingerprint density at radius 2 is 1.61 bits per heavy atom. The Morgan fingerprint density at radius 1 is 0.895 bits per heavy atom. The molecule has 3 amide bonds. The summed E-state index contributed by atoms with van der Waals surface area (Å²) in [6.45, 7) is 6.06. The largest absolute Gasteiger partial charge is 0.467 e. The average molecular weight is 530 g/mol. The summed E-state index contributed by atoms with van der Waals surface area (Å²) in [6.07, 6.45) is 1.54. The van der Waals surface area contributed by atoms with Crippen LogP contribution in [0.1, 0.15) is 57.9 Å². The van der Waals surface area contributed by atoms with E-state index < -0.39 is 11.9 Å². The molecule has 1 unspecified atom stereocenters. The third-order valence-electron chi connectivity index (χ3n) is 6.17. The van der Waals surface area contributed by atoms with E-state index in [1.165, 1.54) is 16.2 Å². The van der Waals surface area contributed by atoms with E-state index in [0.717, 1.165) is 11.1 Å². The first-order valence-corrected chi connectivity index (χ1v) is 13.3. The molecule has 2 aromatic carbocycles. The number of hydrogen-bond acceptors (Lipinski definition) is 5. The Hall–Kier alpha value is -4.17. The van der Waals surface area contributed by atoms with Gasteiger partial charge in [-0.1, -0.05) is 61.9 Å². The van der Waals surface area contributed by atoms with Crippen LogP contribution in [0.4, 0.5) is 5.69 Å². The summed E-state index contributed by atoms with van der Waals surface area (Å²) in [6, 6.07) is 21.1. The van der Waals surface area contributed by atoms with Gasteiger partial charge in [0.1, 0.15) is 11.8 Å². The van der Waals surface area contributed by atoms with Crippen LogP contribution in [-0.2, 0) is 16.1 Å². The molecule has 0 saturated heterocycles. The number of amides is 3. The van der Waals surface area contributed by atoms with Crippen LogP contribution in [0.5, 0.6) is 0 Å². The van der Waals surface area contributed by atoms with E-state index in [4.69, 9.17) is 4.42 Å². The first kappa shape index (κ1) is 26.9. The van der Waals surface area contributed by atoms with Crippen LogP contribution in [0.25, 0.3) is 0 Å². The van der Waals surface area contributed by atoms with Crippen LogP contribution in [0.3, 0.4) is 0 Å². The third-order valence-corrected chi connectivity index (χ3v) is 7.04. The topological polar surface area (TPSA) is 91.7 Å². The number of nitrogens with one attached hydrogen (secondary N) is 2. The number of carbonyl (C=O) groups excluding carboxylic acids is 3. The van der Waals surface area contributed by atoms with Gasteiger partial charge in [0.05, 0.1) is 24.2 Å². The van der Waals surface area contributed by atoms with Crippen molar-refractivity contribution < 1.29 is 18.8 Å². The fourth-order valence-electron chi connectivity index (χ4n) is 4.04.